The van der Waals surface area contributed by atoms with E-state index in [0.29, 0.717) is 12.5 Å². The number of methoxy groups -OCH3 is 1. The molecule has 2 aliphatic heterocycles. The van der Waals surface area contributed by atoms with Crippen molar-refractivity contribution in [2.75, 3.05) is 43.9 Å². The molecule has 2 aromatic carbocycles. The monoisotopic (exact) mass is 439 g/mol. The van der Waals surface area contributed by atoms with Crippen molar-refractivity contribution in [2.24, 2.45) is 5.92 Å². The zero-order valence-electron chi connectivity index (χ0n) is 18.1. The van der Waals surface area contributed by atoms with E-state index in [1.54, 1.807) is 7.11 Å². The molecule has 0 atom stereocenters. The number of hydrogen-bond acceptors (Lipinski definition) is 6. The van der Waals surface area contributed by atoms with Gasteiger partial charge < -0.3 is 24.4 Å². The molecule has 2 heterocycles. The molecule has 31 heavy (non-hydrogen) atoms. The van der Waals surface area contributed by atoms with Crippen molar-refractivity contribution >= 4 is 29.2 Å². The van der Waals surface area contributed by atoms with Gasteiger partial charge in [0.15, 0.2) is 0 Å². The van der Waals surface area contributed by atoms with E-state index in [2.05, 4.69) is 28.1 Å². The highest BCUT2D eigenvalue weighted by molar-refractivity contribution is 8.00. The number of carbonyl (C=O) groups is 1. The normalized spacial score (nSPS) is 19.7. The fourth-order valence-corrected chi connectivity index (χ4v) is 5.83. The van der Waals surface area contributed by atoms with E-state index >= 15 is 0 Å². The maximum absolute atomic E-state index is 13.0. The van der Waals surface area contributed by atoms with Gasteiger partial charge in [-0.25, -0.2) is 0 Å². The summed E-state index contributed by atoms with van der Waals surface area (Å²) in [5, 5.41) is 3.16. The maximum Gasteiger partial charge on any atom is 0.235 e. The number of fused-ring (bicyclic) bond motifs is 2. The summed E-state index contributed by atoms with van der Waals surface area (Å²) in [5.41, 5.74) is 2.49. The van der Waals surface area contributed by atoms with E-state index < -0.39 is 5.41 Å². The molecule has 1 spiro atoms. The fraction of sp³-hybridized carbons (Fsp3) is 0.458. The molecule has 3 aliphatic rings. The third-order valence-electron chi connectivity index (χ3n) is 6.71. The highest BCUT2D eigenvalue weighted by Crippen LogP contribution is 2.53. The lowest BCUT2D eigenvalue weighted by Gasteiger charge is -2.36. The minimum Gasteiger partial charge on any atom is -0.496 e. The average molecular weight is 440 g/mol. The quantitative estimate of drug-likeness (QED) is 0.619. The average Bonchev–Trinajstić information content (AvgIpc) is 3.36. The lowest BCUT2D eigenvalue weighted by Crippen LogP contribution is -2.46. The second-order valence-corrected chi connectivity index (χ2v) is 9.74. The zero-order valence-corrected chi connectivity index (χ0v) is 18.9. The molecule has 5 rings (SSSR count). The minimum absolute atomic E-state index is 0.128. The topological polar surface area (TPSA) is 62.8 Å². The maximum atomic E-state index is 13.0. The Kier molecular flexibility index (Phi) is 5.48. The predicted octanol–water partition coefficient (Wildman–Crippen LogP) is 4.52. The molecule has 1 saturated carbocycles. The first-order chi connectivity index (χ1) is 15.1. The first kappa shape index (κ1) is 20.5. The highest BCUT2D eigenvalue weighted by atomic mass is 32.2. The summed E-state index contributed by atoms with van der Waals surface area (Å²) in [7, 11) is 3.80. The molecule has 2 N–H and O–H groups in total. The number of para-hydroxylation sites is 1. The Balaban J connectivity index is 1.43. The van der Waals surface area contributed by atoms with Gasteiger partial charge in [0.05, 0.1) is 29.7 Å². The summed E-state index contributed by atoms with van der Waals surface area (Å²) < 4.78 is 15.2. The van der Waals surface area contributed by atoms with E-state index in [0.717, 1.165) is 72.1 Å². The van der Waals surface area contributed by atoms with Crippen LogP contribution in [0, 0.1) is 5.92 Å². The fourth-order valence-electron chi connectivity index (χ4n) is 5.08. The summed E-state index contributed by atoms with van der Waals surface area (Å²) >= 11 is 1.51. The van der Waals surface area contributed by atoms with Crippen LogP contribution in [0.4, 0.5) is 11.4 Å². The van der Waals surface area contributed by atoms with Crippen LogP contribution in [0.3, 0.4) is 0 Å². The smallest absolute Gasteiger partial charge is 0.235 e. The van der Waals surface area contributed by atoms with Gasteiger partial charge in [0.1, 0.15) is 11.5 Å². The van der Waals surface area contributed by atoms with Crippen molar-refractivity contribution in [2.45, 2.75) is 36.0 Å². The SMILES string of the molecule is COc1ccccc1SNc1cc(OCC2CN(C)C2)c2c(c1)C1(CCCC1)C(=O)N2. The van der Waals surface area contributed by atoms with E-state index in [4.69, 9.17) is 9.47 Å². The molecule has 0 aromatic heterocycles. The van der Waals surface area contributed by atoms with Crippen molar-refractivity contribution in [3.05, 3.63) is 42.0 Å². The number of ether oxygens (including phenoxy) is 2. The molecular weight excluding hydrogens is 410 g/mol. The molecule has 0 unspecified atom stereocenters. The number of carbonyl (C=O) groups excluding carboxylic acids is 1. The largest absolute Gasteiger partial charge is 0.496 e. The number of nitrogens with zero attached hydrogens (tertiary/aromatic N) is 1. The Morgan fingerprint density at radius 2 is 1.97 bits per heavy atom. The van der Waals surface area contributed by atoms with Crippen molar-refractivity contribution in [1.82, 2.24) is 4.90 Å². The first-order valence-corrected chi connectivity index (χ1v) is 11.8. The van der Waals surface area contributed by atoms with Crippen molar-refractivity contribution in [1.29, 1.82) is 0 Å². The summed E-state index contributed by atoms with van der Waals surface area (Å²) in [6, 6.07) is 12.1. The van der Waals surface area contributed by atoms with Crippen molar-refractivity contribution in [3.8, 4) is 11.5 Å². The van der Waals surface area contributed by atoms with Crippen LogP contribution in [0.1, 0.15) is 31.2 Å². The van der Waals surface area contributed by atoms with Gasteiger partial charge in [-0.3, -0.25) is 4.79 Å². The van der Waals surface area contributed by atoms with E-state index in [1.165, 1.54) is 11.9 Å². The van der Waals surface area contributed by atoms with Gasteiger partial charge in [-0.05, 0) is 55.6 Å². The number of hydrogen-bond donors (Lipinski definition) is 2. The highest BCUT2D eigenvalue weighted by Gasteiger charge is 2.49. The van der Waals surface area contributed by atoms with Crippen LogP contribution in [-0.2, 0) is 10.2 Å². The third-order valence-corrected chi connectivity index (χ3v) is 7.61. The van der Waals surface area contributed by atoms with Crippen LogP contribution in [0.2, 0.25) is 0 Å². The number of nitrogens with one attached hydrogen (secondary N) is 2. The van der Waals surface area contributed by atoms with E-state index in [-0.39, 0.29) is 5.91 Å². The van der Waals surface area contributed by atoms with Crippen LogP contribution in [-0.4, -0.2) is 44.7 Å². The molecule has 2 fully saturated rings. The Hall–Kier alpha value is -2.38. The second-order valence-electron chi connectivity index (χ2n) is 8.89. The molecule has 6 nitrogen and oxygen atoms in total. The summed E-state index contributed by atoms with van der Waals surface area (Å²) in [5.74, 6) is 2.27. The molecule has 0 bridgehead atoms. The number of rotatable bonds is 7. The molecule has 1 saturated heterocycles. The molecule has 164 valence electrons. The van der Waals surface area contributed by atoms with Crippen LogP contribution < -0.4 is 19.5 Å². The molecular formula is C24H29N3O3S. The van der Waals surface area contributed by atoms with Crippen LogP contribution >= 0.6 is 11.9 Å². The summed E-state index contributed by atoms with van der Waals surface area (Å²) in [4.78, 5) is 16.3. The lowest BCUT2D eigenvalue weighted by molar-refractivity contribution is -0.120. The Bertz CT molecular complexity index is 984. The molecule has 1 aliphatic carbocycles. The molecule has 0 radical (unpaired) electrons. The minimum atomic E-state index is -0.406. The van der Waals surface area contributed by atoms with Crippen molar-refractivity contribution in [3.63, 3.8) is 0 Å². The molecule has 1 amide bonds. The number of amides is 1. The Labute approximate surface area is 187 Å². The van der Waals surface area contributed by atoms with Gasteiger partial charge in [-0.15, -0.1) is 0 Å². The van der Waals surface area contributed by atoms with Gasteiger partial charge in [0.25, 0.3) is 0 Å². The van der Waals surface area contributed by atoms with Gasteiger partial charge in [0, 0.05) is 30.8 Å². The van der Waals surface area contributed by atoms with Gasteiger partial charge >= 0.3 is 0 Å². The zero-order chi connectivity index (χ0) is 21.4. The molecule has 7 heteroatoms. The summed E-state index contributed by atoms with van der Waals surface area (Å²) in [6.07, 6.45) is 3.99. The first-order valence-electron chi connectivity index (χ1n) is 11.0. The van der Waals surface area contributed by atoms with Gasteiger partial charge in [-0.2, -0.15) is 0 Å². The summed E-state index contributed by atoms with van der Waals surface area (Å²) in [6.45, 7) is 2.78. The third kappa shape index (κ3) is 3.74. The van der Waals surface area contributed by atoms with E-state index in [1.807, 2.05) is 30.3 Å². The van der Waals surface area contributed by atoms with Crippen LogP contribution in [0.25, 0.3) is 0 Å². The predicted molar refractivity (Wildman–Crippen MR) is 124 cm³/mol. The Morgan fingerprint density at radius 3 is 2.71 bits per heavy atom. The van der Waals surface area contributed by atoms with Gasteiger partial charge in [0.2, 0.25) is 5.91 Å². The molecule has 2 aromatic rings. The van der Waals surface area contributed by atoms with E-state index in [9.17, 15) is 4.79 Å². The standard InChI is InChI=1S/C24H29N3O3S/c1-27-13-16(14-27)15-30-20-12-17(26-31-21-8-4-3-7-19(21)29-2)11-18-22(20)25-23(28)24(18)9-5-6-10-24/h3-4,7-8,11-12,16,26H,5-6,9-10,13-15H2,1-2H3,(H,25,28). The number of likely N-dealkylation sites (tertiary alicyclic amines) is 1. The number of anilines is 2. The number of benzene rings is 2. The van der Waals surface area contributed by atoms with Crippen LogP contribution in [0.15, 0.2) is 41.3 Å². The van der Waals surface area contributed by atoms with Crippen molar-refractivity contribution < 1.29 is 14.3 Å². The van der Waals surface area contributed by atoms with Gasteiger partial charge in [-0.1, -0.05) is 25.0 Å². The second kappa shape index (κ2) is 8.28. The van der Waals surface area contributed by atoms with Crippen LogP contribution in [0.5, 0.6) is 11.5 Å². The Morgan fingerprint density at radius 1 is 1.19 bits per heavy atom. The lowest BCUT2D eigenvalue weighted by atomic mass is 9.80.